The van der Waals surface area contributed by atoms with E-state index in [-0.39, 0.29) is 24.2 Å². The second-order valence-corrected chi connectivity index (χ2v) is 7.54. The van der Waals surface area contributed by atoms with E-state index < -0.39 is 0 Å². The summed E-state index contributed by atoms with van der Waals surface area (Å²) in [5, 5.41) is 0.752. The van der Waals surface area contributed by atoms with Crippen molar-refractivity contribution in [2.24, 2.45) is 5.92 Å². The van der Waals surface area contributed by atoms with Gasteiger partial charge in [0.2, 0.25) is 11.8 Å². The summed E-state index contributed by atoms with van der Waals surface area (Å²) < 4.78 is 0. The van der Waals surface area contributed by atoms with Gasteiger partial charge in [-0.05, 0) is 29.7 Å². The summed E-state index contributed by atoms with van der Waals surface area (Å²) in [5.41, 5.74) is 3.06. The Labute approximate surface area is 162 Å². The number of amides is 2. The third-order valence-corrected chi connectivity index (χ3v) is 5.95. The van der Waals surface area contributed by atoms with E-state index in [0.29, 0.717) is 35.4 Å². The van der Waals surface area contributed by atoms with Crippen LogP contribution in [0.25, 0.3) is 0 Å². The van der Waals surface area contributed by atoms with Crippen LogP contribution in [0.5, 0.6) is 0 Å². The molecule has 2 heterocycles. The molecule has 1 unspecified atom stereocenters. The van der Waals surface area contributed by atoms with Crippen molar-refractivity contribution in [1.29, 1.82) is 0 Å². The van der Waals surface area contributed by atoms with E-state index in [4.69, 9.17) is 23.2 Å². The second-order valence-electron chi connectivity index (χ2n) is 6.76. The molecule has 0 spiro atoms. The average molecular weight is 389 g/mol. The first-order chi connectivity index (χ1) is 12.5. The molecule has 0 radical (unpaired) electrons. The molecule has 2 aromatic rings. The Morgan fingerprint density at radius 1 is 1.04 bits per heavy atom. The molecule has 4 rings (SSSR count). The van der Waals surface area contributed by atoms with Gasteiger partial charge in [-0.2, -0.15) is 0 Å². The van der Waals surface area contributed by atoms with E-state index in [2.05, 4.69) is 12.1 Å². The fourth-order valence-electron chi connectivity index (χ4n) is 3.75. The lowest BCUT2D eigenvalue weighted by Crippen LogP contribution is -2.40. The van der Waals surface area contributed by atoms with Crippen LogP contribution in [0.1, 0.15) is 17.5 Å². The Bertz CT molecular complexity index is 884. The van der Waals surface area contributed by atoms with E-state index in [1.54, 1.807) is 23.1 Å². The van der Waals surface area contributed by atoms with Crippen LogP contribution >= 0.6 is 23.2 Å². The molecule has 0 saturated carbocycles. The van der Waals surface area contributed by atoms with Crippen LogP contribution in [0.4, 0.5) is 5.69 Å². The van der Waals surface area contributed by atoms with E-state index in [1.165, 1.54) is 11.1 Å². The highest BCUT2D eigenvalue weighted by atomic mass is 35.5. The van der Waals surface area contributed by atoms with Crippen LogP contribution in [0.15, 0.2) is 42.5 Å². The quantitative estimate of drug-likeness (QED) is 0.781. The zero-order valence-electron chi connectivity index (χ0n) is 14.1. The molecule has 2 aromatic carbocycles. The number of carbonyl (C=O) groups excluding carboxylic acids is 2. The number of rotatable bonds is 2. The maximum Gasteiger partial charge on any atom is 0.228 e. The highest BCUT2D eigenvalue weighted by Crippen LogP contribution is 2.36. The normalized spacial score (nSPS) is 19.6. The summed E-state index contributed by atoms with van der Waals surface area (Å²) >= 11 is 12.3. The van der Waals surface area contributed by atoms with Crippen LogP contribution < -0.4 is 4.90 Å². The van der Waals surface area contributed by atoms with Crippen molar-refractivity contribution >= 4 is 40.7 Å². The monoisotopic (exact) mass is 388 g/mol. The van der Waals surface area contributed by atoms with Crippen molar-refractivity contribution in [3.8, 4) is 0 Å². The molecular formula is C20H18Cl2N2O2. The zero-order valence-corrected chi connectivity index (χ0v) is 15.6. The molecule has 4 nitrogen and oxygen atoms in total. The fourth-order valence-corrected chi connectivity index (χ4v) is 4.15. The molecule has 0 bridgehead atoms. The summed E-state index contributed by atoms with van der Waals surface area (Å²) in [6.07, 6.45) is 1.06. The largest absolute Gasteiger partial charge is 0.338 e. The topological polar surface area (TPSA) is 40.6 Å². The number of halogens is 2. The number of anilines is 1. The molecule has 1 fully saturated rings. The summed E-state index contributed by atoms with van der Waals surface area (Å²) in [6, 6.07) is 13.4. The molecule has 2 aliphatic rings. The van der Waals surface area contributed by atoms with Gasteiger partial charge in [-0.25, -0.2) is 0 Å². The van der Waals surface area contributed by atoms with Crippen LogP contribution in [-0.2, 0) is 22.6 Å². The third-order valence-electron chi connectivity index (χ3n) is 5.14. The van der Waals surface area contributed by atoms with Crippen molar-refractivity contribution in [3.63, 3.8) is 0 Å². The highest BCUT2D eigenvalue weighted by molar-refractivity contribution is 6.44. The lowest BCUT2D eigenvalue weighted by Gasteiger charge is -2.30. The first-order valence-corrected chi connectivity index (χ1v) is 9.40. The first kappa shape index (κ1) is 17.4. The average Bonchev–Trinajstić information content (AvgIpc) is 3.04. The lowest BCUT2D eigenvalue weighted by molar-refractivity contribution is -0.136. The van der Waals surface area contributed by atoms with Crippen molar-refractivity contribution in [3.05, 3.63) is 63.6 Å². The smallest absolute Gasteiger partial charge is 0.228 e. The van der Waals surface area contributed by atoms with E-state index in [9.17, 15) is 9.59 Å². The zero-order chi connectivity index (χ0) is 18.3. The Morgan fingerprint density at radius 3 is 2.62 bits per heavy atom. The van der Waals surface area contributed by atoms with Crippen LogP contribution in [0.2, 0.25) is 10.0 Å². The highest BCUT2D eigenvalue weighted by Gasteiger charge is 2.38. The number of hydrogen-bond acceptors (Lipinski definition) is 2. The van der Waals surface area contributed by atoms with Gasteiger partial charge >= 0.3 is 0 Å². The van der Waals surface area contributed by atoms with Gasteiger partial charge < -0.3 is 9.80 Å². The van der Waals surface area contributed by atoms with Gasteiger partial charge in [-0.15, -0.1) is 0 Å². The maximum absolute atomic E-state index is 13.0. The number of benzene rings is 2. The minimum absolute atomic E-state index is 0.0357. The van der Waals surface area contributed by atoms with Gasteiger partial charge in [0.1, 0.15) is 0 Å². The van der Waals surface area contributed by atoms with Gasteiger partial charge in [0.15, 0.2) is 0 Å². The minimum Gasteiger partial charge on any atom is -0.338 e. The molecule has 134 valence electrons. The van der Waals surface area contributed by atoms with Crippen molar-refractivity contribution in [1.82, 2.24) is 4.90 Å². The molecule has 0 N–H and O–H groups in total. The van der Waals surface area contributed by atoms with Crippen molar-refractivity contribution in [2.75, 3.05) is 18.0 Å². The minimum atomic E-state index is -0.345. The molecule has 2 amide bonds. The molecule has 6 heteroatoms. The summed E-state index contributed by atoms with van der Waals surface area (Å²) in [6.45, 7) is 1.64. The summed E-state index contributed by atoms with van der Waals surface area (Å²) in [7, 11) is 0. The van der Waals surface area contributed by atoms with Crippen LogP contribution in [0.3, 0.4) is 0 Å². The molecule has 0 aromatic heterocycles. The molecule has 26 heavy (non-hydrogen) atoms. The maximum atomic E-state index is 13.0. The molecular weight excluding hydrogens is 371 g/mol. The van der Waals surface area contributed by atoms with Crippen LogP contribution in [0, 0.1) is 5.92 Å². The number of carbonyl (C=O) groups is 2. The SMILES string of the molecule is O=C(C1CC(=O)N(c2cccc(Cl)c2Cl)C1)N1CCc2ccccc2C1. The van der Waals surface area contributed by atoms with Gasteiger partial charge in [0.05, 0.1) is 21.7 Å². The Balaban J connectivity index is 1.50. The Hall–Kier alpha value is -2.04. The third kappa shape index (κ3) is 3.08. The van der Waals surface area contributed by atoms with Gasteiger partial charge in [-0.3, -0.25) is 9.59 Å². The second kappa shape index (κ2) is 6.93. The van der Waals surface area contributed by atoms with Gasteiger partial charge in [-0.1, -0.05) is 53.5 Å². The number of nitrogens with zero attached hydrogens (tertiary/aromatic N) is 2. The Morgan fingerprint density at radius 2 is 1.81 bits per heavy atom. The van der Waals surface area contributed by atoms with Crippen molar-refractivity contribution in [2.45, 2.75) is 19.4 Å². The number of fused-ring (bicyclic) bond motifs is 1. The van der Waals surface area contributed by atoms with E-state index >= 15 is 0 Å². The van der Waals surface area contributed by atoms with Gasteiger partial charge in [0, 0.05) is 26.1 Å². The van der Waals surface area contributed by atoms with E-state index in [1.807, 2.05) is 17.0 Å². The standard InChI is InChI=1S/C20H18Cl2N2O2/c21-16-6-3-7-17(19(16)22)24-12-15(10-18(24)25)20(26)23-9-8-13-4-1-2-5-14(13)11-23/h1-7,15H,8-12H2. The summed E-state index contributed by atoms with van der Waals surface area (Å²) in [5.74, 6) is -0.402. The Kier molecular flexibility index (Phi) is 4.63. The molecule has 1 atom stereocenters. The predicted molar refractivity (Wildman–Crippen MR) is 102 cm³/mol. The van der Waals surface area contributed by atoms with Crippen LogP contribution in [-0.4, -0.2) is 29.8 Å². The first-order valence-electron chi connectivity index (χ1n) is 8.64. The predicted octanol–water partition coefficient (Wildman–Crippen LogP) is 3.93. The van der Waals surface area contributed by atoms with Gasteiger partial charge in [0.25, 0.3) is 0 Å². The van der Waals surface area contributed by atoms with Crippen molar-refractivity contribution < 1.29 is 9.59 Å². The number of hydrogen-bond donors (Lipinski definition) is 0. The molecule has 0 aliphatic carbocycles. The molecule has 1 saturated heterocycles. The lowest BCUT2D eigenvalue weighted by atomic mass is 9.98. The van der Waals surface area contributed by atoms with E-state index in [0.717, 1.165) is 6.42 Å². The molecule has 2 aliphatic heterocycles. The summed E-state index contributed by atoms with van der Waals surface area (Å²) in [4.78, 5) is 28.9. The fraction of sp³-hybridized carbons (Fsp3) is 0.300.